The monoisotopic (exact) mass is 384 g/mol. The van der Waals surface area contributed by atoms with Crippen LogP contribution in [0.5, 0.6) is 5.75 Å². The van der Waals surface area contributed by atoms with Gasteiger partial charge in [-0.05, 0) is 34.7 Å². The van der Waals surface area contributed by atoms with Crippen molar-refractivity contribution in [1.82, 2.24) is 0 Å². The molecule has 0 heterocycles. The van der Waals surface area contributed by atoms with Crippen molar-refractivity contribution < 1.29 is 9.47 Å². The van der Waals surface area contributed by atoms with E-state index in [1.807, 2.05) is 12.1 Å². The first-order valence-electron chi connectivity index (χ1n) is 8.52. The molecule has 0 spiro atoms. The molecule has 1 atom stereocenters. The Labute approximate surface area is 161 Å². The third kappa shape index (κ3) is 5.08. The highest BCUT2D eigenvalue weighted by molar-refractivity contribution is 7.75. The fourth-order valence-corrected chi connectivity index (χ4v) is 3.97. The van der Waals surface area contributed by atoms with Crippen molar-refractivity contribution in [1.29, 1.82) is 0 Å². The SMILES string of the molecule is COCOc1c(Cc2ccccc2)cc(Cc2ccccc2)cc1PCl. The molecule has 0 aliphatic heterocycles. The van der Waals surface area contributed by atoms with E-state index in [1.165, 1.54) is 16.7 Å². The van der Waals surface area contributed by atoms with Crippen LogP contribution >= 0.6 is 19.2 Å². The highest BCUT2D eigenvalue weighted by Gasteiger charge is 2.13. The fraction of sp³-hybridized carbons (Fsp3) is 0.182. The molecule has 0 fully saturated rings. The van der Waals surface area contributed by atoms with Gasteiger partial charge in [-0.15, -0.1) is 0 Å². The first-order chi connectivity index (χ1) is 12.8. The van der Waals surface area contributed by atoms with E-state index in [4.69, 9.17) is 20.7 Å². The lowest BCUT2D eigenvalue weighted by Crippen LogP contribution is -2.11. The van der Waals surface area contributed by atoms with Gasteiger partial charge in [0.25, 0.3) is 0 Å². The van der Waals surface area contributed by atoms with Gasteiger partial charge in [-0.1, -0.05) is 78.0 Å². The molecule has 134 valence electrons. The van der Waals surface area contributed by atoms with Crippen LogP contribution in [0.25, 0.3) is 0 Å². The quantitative estimate of drug-likeness (QED) is 0.387. The molecular formula is C22H22ClO2P. The minimum absolute atomic E-state index is 0.146. The molecule has 0 aromatic heterocycles. The molecule has 3 aromatic carbocycles. The Bertz CT molecular complexity index is 822. The molecule has 0 saturated carbocycles. The smallest absolute Gasteiger partial charge is 0.188 e. The molecule has 3 rings (SSSR count). The van der Waals surface area contributed by atoms with Crippen LogP contribution < -0.4 is 10.0 Å². The second-order valence-corrected chi connectivity index (χ2v) is 7.40. The summed E-state index contributed by atoms with van der Waals surface area (Å²) >= 11 is 6.27. The average molecular weight is 385 g/mol. The minimum atomic E-state index is 0.146. The van der Waals surface area contributed by atoms with Gasteiger partial charge in [0.05, 0.1) is 0 Å². The Kier molecular flexibility index (Phi) is 7.08. The lowest BCUT2D eigenvalue weighted by atomic mass is 9.98. The topological polar surface area (TPSA) is 18.5 Å². The van der Waals surface area contributed by atoms with Crippen LogP contribution in [0.2, 0.25) is 0 Å². The normalized spacial score (nSPS) is 11.2. The molecule has 0 bridgehead atoms. The first kappa shape index (κ1) is 18.9. The van der Waals surface area contributed by atoms with Gasteiger partial charge in [0.15, 0.2) is 6.79 Å². The summed E-state index contributed by atoms with van der Waals surface area (Å²) in [6.07, 6.45) is 1.68. The minimum Gasteiger partial charge on any atom is -0.467 e. The van der Waals surface area contributed by atoms with E-state index in [1.54, 1.807) is 7.11 Å². The number of rotatable bonds is 8. The van der Waals surface area contributed by atoms with Crippen LogP contribution in [0, 0.1) is 0 Å². The number of hydrogen-bond acceptors (Lipinski definition) is 2. The fourth-order valence-electron chi connectivity index (χ4n) is 2.99. The third-order valence-corrected chi connectivity index (χ3v) is 5.32. The number of ether oxygens (including phenoxy) is 2. The maximum absolute atomic E-state index is 6.27. The Morgan fingerprint density at radius 3 is 2.00 bits per heavy atom. The average Bonchev–Trinajstić information content (AvgIpc) is 2.68. The molecule has 1 unspecified atom stereocenters. The molecular weight excluding hydrogens is 363 g/mol. The Hall–Kier alpha value is -1.86. The second kappa shape index (κ2) is 9.73. The third-order valence-electron chi connectivity index (χ3n) is 4.14. The summed E-state index contributed by atoms with van der Waals surface area (Å²) in [5.41, 5.74) is 4.92. The van der Waals surface area contributed by atoms with Crippen molar-refractivity contribution in [3.8, 4) is 5.75 Å². The first-order valence-corrected chi connectivity index (χ1v) is 10.5. The van der Waals surface area contributed by atoms with E-state index in [0.717, 1.165) is 29.5 Å². The summed E-state index contributed by atoms with van der Waals surface area (Å²) in [6.45, 7) is 0.216. The predicted octanol–water partition coefficient (Wildman–Crippen LogP) is 5.31. The Morgan fingerprint density at radius 2 is 1.42 bits per heavy atom. The van der Waals surface area contributed by atoms with Crippen molar-refractivity contribution >= 4 is 24.5 Å². The zero-order valence-electron chi connectivity index (χ0n) is 14.7. The van der Waals surface area contributed by atoms with E-state index in [2.05, 4.69) is 60.7 Å². The van der Waals surface area contributed by atoms with Gasteiger partial charge in [-0.3, -0.25) is 0 Å². The van der Waals surface area contributed by atoms with Gasteiger partial charge in [0, 0.05) is 26.8 Å². The van der Waals surface area contributed by atoms with Crippen LogP contribution in [0.3, 0.4) is 0 Å². The molecule has 0 aliphatic rings. The van der Waals surface area contributed by atoms with E-state index in [0.29, 0.717) is 0 Å². The van der Waals surface area contributed by atoms with Gasteiger partial charge in [-0.25, -0.2) is 0 Å². The van der Waals surface area contributed by atoms with Crippen molar-refractivity contribution in [3.05, 3.63) is 95.1 Å². The standard InChI is InChI=1S/C22H22ClO2P/c1-24-16-25-22-20(13-18-10-6-3-7-11-18)14-19(15-21(22)26-23)12-17-8-4-2-5-9-17/h2-11,14-15,26H,12-13,16H2,1H3. The van der Waals surface area contributed by atoms with Crippen molar-refractivity contribution in [2.24, 2.45) is 0 Å². The van der Waals surface area contributed by atoms with E-state index in [9.17, 15) is 0 Å². The van der Waals surface area contributed by atoms with Crippen molar-refractivity contribution in [3.63, 3.8) is 0 Å². The Balaban J connectivity index is 1.97. The van der Waals surface area contributed by atoms with E-state index < -0.39 is 0 Å². The van der Waals surface area contributed by atoms with Crippen LogP contribution in [-0.2, 0) is 17.6 Å². The zero-order chi connectivity index (χ0) is 18.2. The summed E-state index contributed by atoms with van der Waals surface area (Å²) in [7, 11) is 1.77. The summed E-state index contributed by atoms with van der Waals surface area (Å²) in [4.78, 5) is 0. The molecule has 0 N–H and O–H groups in total. The van der Waals surface area contributed by atoms with Gasteiger partial charge < -0.3 is 9.47 Å². The molecule has 0 aliphatic carbocycles. The molecule has 4 heteroatoms. The van der Waals surface area contributed by atoms with Crippen molar-refractivity contribution in [2.45, 2.75) is 12.8 Å². The second-order valence-electron chi connectivity index (χ2n) is 6.10. The summed E-state index contributed by atoms with van der Waals surface area (Å²) in [6, 6.07) is 25.3. The lowest BCUT2D eigenvalue weighted by molar-refractivity contribution is 0.0513. The van der Waals surface area contributed by atoms with Gasteiger partial charge in [0.1, 0.15) is 5.75 Å². The number of benzene rings is 3. The summed E-state index contributed by atoms with van der Waals surface area (Å²) < 4.78 is 11.0. The van der Waals surface area contributed by atoms with Crippen molar-refractivity contribution in [2.75, 3.05) is 13.9 Å². The molecule has 2 nitrogen and oxygen atoms in total. The van der Waals surface area contributed by atoms with Crippen LogP contribution in [-0.4, -0.2) is 13.9 Å². The maximum Gasteiger partial charge on any atom is 0.188 e. The van der Waals surface area contributed by atoms with Gasteiger partial charge in [0.2, 0.25) is 0 Å². The molecule has 26 heavy (non-hydrogen) atoms. The largest absolute Gasteiger partial charge is 0.467 e. The molecule has 0 amide bonds. The van der Waals surface area contributed by atoms with E-state index >= 15 is 0 Å². The number of halogens is 1. The van der Waals surface area contributed by atoms with E-state index in [-0.39, 0.29) is 14.7 Å². The molecule has 0 saturated heterocycles. The summed E-state index contributed by atoms with van der Waals surface area (Å²) in [5.74, 6) is 0.848. The maximum atomic E-state index is 6.27. The molecule has 0 radical (unpaired) electrons. The molecule has 3 aromatic rings. The van der Waals surface area contributed by atoms with Gasteiger partial charge in [-0.2, -0.15) is 0 Å². The highest BCUT2D eigenvalue weighted by Crippen LogP contribution is 2.30. The highest BCUT2D eigenvalue weighted by atomic mass is 35.7. The van der Waals surface area contributed by atoms with Crippen LogP contribution in [0.15, 0.2) is 72.8 Å². The number of hydrogen-bond donors (Lipinski definition) is 0. The Morgan fingerprint density at radius 1 is 0.808 bits per heavy atom. The zero-order valence-corrected chi connectivity index (χ0v) is 16.5. The van der Waals surface area contributed by atoms with Crippen LogP contribution in [0.4, 0.5) is 0 Å². The summed E-state index contributed by atoms with van der Waals surface area (Å²) in [5, 5.41) is 1.03. The van der Waals surface area contributed by atoms with Gasteiger partial charge >= 0.3 is 0 Å². The van der Waals surface area contributed by atoms with Crippen LogP contribution in [0.1, 0.15) is 22.3 Å². The lowest BCUT2D eigenvalue weighted by Gasteiger charge is -2.17. The number of methoxy groups -OCH3 is 1. The predicted molar refractivity (Wildman–Crippen MR) is 111 cm³/mol.